The van der Waals surface area contributed by atoms with Crippen LogP contribution in [0.15, 0.2) is 53.3 Å². The number of hydrogen-bond donors (Lipinski definition) is 1. The molecule has 1 aliphatic heterocycles. The number of carbonyl (C=O) groups is 1. The van der Waals surface area contributed by atoms with Crippen LogP contribution >= 0.6 is 0 Å². The van der Waals surface area contributed by atoms with Gasteiger partial charge in [-0.3, -0.25) is 9.59 Å². The summed E-state index contributed by atoms with van der Waals surface area (Å²) in [6.07, 6.45) is 0.845. The lowest BCUT2D eigenvalue weighted by atomic mass is 10.1. The maximum Gasteiger partial charge on any atom is 0.242 e. The average molecular weight is 321 g/mol. The van der Waals surface area contributed by atoms with Gasteiger partial charge in [-0.05, 0) is 30.7 Å². The third-order valence-corrected chi connectivity index (χ3v) is 4.75. The minimum atomic E-state index is 0.00749. The molecule has 24 heavy (non-hydrogen) atoms. The molecule has 122 valence electrons. The molecule has 4 rings (SSSR count). The van der Waals surface area contributed by atoms with Gasteiger partial charge >= 0.3 is 0 Å². The smallest absolute Gasteiger partial charge is 0.242 e. The summed E-state index contributed by atoms with van der Waals surface area (Å²) < 4.78 is 1.94. The second kappa shape index (κ2) is 5.76. The van der Waals surface area contributed by atoms with Gasteiger partial charge in [-0.2, -0.15) is 0 Å². The van der Waals surface area contributed by atoms with Crippen molar-refractivity contribution in [2.45, 2.75) is 19.0 Å². The van der Waals surface area contributed by atoms with Crippen LogP contribution in [0.5, 0.6) is 0 Å². The molecule has 1 unspecified atom stereocenters. The molecule has 0 saturated carbocycles. The zero-order chi connectivity index (χ0) is 16.7. The standard InChI is InChI=1S/C19H19N3O2/c20-13-9-10-21(11-13)18(23)12-22-16-7-3-1-5-14(16)19(24)15-6-2-4-8-17(15)22/h1-8,13H,9-12,20H2. The van der Waals surface area contributed by atoms with E-state index in [0.717, 1.165) is 17.5 Å². The van der Waals surface area contributed by atoms with Crippen molar-refractivity contribution in [2.24, 2.45) is 5.73 Å². The first-order valence-electron chi connectivity index (χ1n) is 8.19. The summed E-state index contributed by atoms with van der Waals surface area (Å²) in [5.41, 5.74) is 7.50. The van der Waals surface area contributed by atoms with E-state index in [4.69, 9.17) is 5.73 Å². The van der Waals surface area contributed by atoms with Crippen LogP contribution in [-0.2, 0) is 11.3 Å². The molecule has 1 atom stereocenters. The molecule has 1 saturated heterocycles. The average Bonchev–Trinajstić information content (AvgIpc) is 3.05. The molecule has 5 heteroatoms. The van der Waals surface area contributed by atoms with E-state index in [1.54, 1.807) is 0 Å². The van der Waals surface area contributed by atoms with Crippen LogP contribution in [0.1, 0.15) is 6.42 Å². The van der Waals surface area contributed by atoms with E-state index < -0.39 is 0 Å². The van der Waals surface area contributed by atoms with Crippen molar-refractivity contribution in [3.8, 4) is 0 Å². The number of rotatable bonds is 2. The lowest BCUT2D eigenvalue weighted by Gasteiger charge is -2.19. The monoisotopic (exact) mass is 321 g/mol. The summed E-state index contributed by atoms with van der Waals surface area (Å²) in [5, 5.41) is 1.28. The van der Waals surface area contributed by atoms with E-state index >= 15 is 0 Å². The zero-order valence-electron chi connectivity index (χ0n) is 13.3. The Morgan fingerprint density at radius 1 is 1.04 bits per heavy atom. The number of hydrogen-bond acceptors (Lipinski definition) is 3. The summed E-state index contributed by atoms with van der Waals surface area (Å²) in [6.45, 7) is 1.53. The molecule has 1 aliphatic rings. The predicted molar refractivity (Wildman–Crippen MR) is 94.9 cm³/mol. The van der Waals surface area contributed by atoms with Crippen LogP contribution < -0.4 is 11.2 Å². The Hall–Kier alpha value is -2.66. The van der Waals surface area contributed by atoms with Crippen molar-refractivity contribution < 1.29 is 4.79 Å². The van der Waals surface area contributed by atoms with Crippen LogP contribution in [0.2, 0.25) is 0 Å². The van der Waals surface area contributed by atoms with Gasteiger partial charge in [-0.15, -0.1) is 0 Å². The highest BCUT2D eigenvalue weighted by Crippen LogP contribution is 2.20. The van der Waals surface area contributed by atoms with Crippen molar-refractivity contribution in [1.29, 1.82) is 0 Å². The van der Waals surface area contributed by atoms with Gasteiger partial charge in [0.05, 0.1) is 11.0 Å². The summed E-state index contributed by atoms with van der Waals surface area (Å²) in [5.74, 6) is 0.0434. The lowest BCUT2D eigenvalue weighted by Crippen LogP contribution is -2.34. The van der Waals surface area contributed by atoms with Crippen molar-refractivity contribution >= 4 is 27.7 Å². The Bertz CT molecular complexity index is 933. The summed E-state index contributed by atoms with van der Waals surface area (Å²) in [6, 6.07) is 15.0. The molecular formula is C19H19N3O2. The maximum atomic E-state index is 12.7. The number of carbonyl (C=O) groups excluding carboxylic acids is 1. The van der Waals surface area contributed by atoms with Gasteiger partial charge in [-0.25, -0.2) is 0 Å². The summed E-state index contributed by atoms with van der Waals surface area (Å²) in [4.78, 5) is 27.2. The van der Waals surface area contributed by atoms with Crippen molar-refractivity contribution in [1.82, 2.24) is 9.47 Å². The van der Waals surface area contributed by atoms with E-state index in [1.807, 2.05) is 58.0 Å². The van der Waals surface area contributed by atoms with Gasteiger partial charge in [0.25, 0.3) is 0 Å². The Labute approximate surface area is 139 Å². The number of para-hydroxylation sites is 2. The fourth-order valence-corrected chi connectivity index (χ4v) is 3.50. The van der Waals surface area contributed by atoms with E-state index in [9.17, 15) is 9.59 Å². The fraction of sp³-hybridized carbons (Fsp3) is 0.263. The zero-order valence-corrected chi connectivity index (χ0v) is 13.3. The number of likely N-dealkylation sites (tertiary alicyclic amines) is 1. The number of aromatic nitrogens is 1. The minimum Gasteiger partial charge on any atom is -0.340 e. The Morgan fingerprint density at radius 3 is 2.17 bits per heavy atom. The topological polar surface area (TPSA) is 68.3 Å². The maximum absolute atomic E-state index is 12.7. The van der Waals surface area contributed by atoms with E-state index in [-0.39, 0.29) is 23.9 Å². The SMILES string of the molecule is NC1CCN(C(=O)Cn2c3ccccc3c(=O)c3ccccc32)C1. The van der Waals surface area contributed by atoms with E-state index in [2.05, 4.69) is 0 Å². The highest BCUT2D eigenvalue weighted by atomic mass is 16.2. The van der Waals surface area contributed by atoms with Crippen LogP contribution in [0.4, 0.5) is 0 Å². The normalized spacial score (nSPS) is 17.7. The largest absolute Gasteiger partial charge is 0.340 e. The Morgan fingerprint density at radius 2 is 1.62 bits per heavy atom. The quantitative estimate of drug-likeness (QED) is 0.731. The van der Waals surface area contributed by atoms with Crippen molar-refractivity contribution in [3.05, 3.63) is 58.8 Å². The molecule has 2 aromatic carbocycles. The van der Waals surface area contributed by atoms with Gasteiger partial charge < -0.3 is 15.2 Å². The summed E-state index contributed by atoms with van der Waals surface area (Å²) >= 11 is 0. The minimum absolute atomic E-state index is 0.00749. The van der Waals surface area contributed by atoms with Gasteiger partial charge in [0.1, 0.15) is 6.54 Å². The highest BCUT2D eigenvalue weighted by Gasteiger charge is 2.24. The van der Waals surface area contributed by atoms with Crippen LogP contribution in [0.3, 0.4) is 0 Å². The van der Waals surface area contributed by atoms with Gasteiger partial charge in [0.2, 0.25) is 5.91 Å². The van der Waals surface area contributed by atoms with Crippen LogP contribution in [0.25, 0.3) is 21.8 Å². The third kappa shape index (κ3) is 2.37. The number of nitrogens with zero attached hydrogens (tertiary/aromatic N) is 2. The van der Waals surface area contributed by atoms with E-state index in [0.29, 0.717) is 23.9 Å². The number of nitrogens with two attached hydrogens (primary N) is 1. The number of pyridine rings is 1. The molecule has 5 nitrogen and oxygen atoms in total. The van der Waals surface area contributed by atoms with E-state index in [1.165, 1.54) is 0 Å². The number of benzene rings is 2. The molecule has 0 radical (unpaired) electrons. The molecule has 0 aliphatic carbocycles. The lowest BCUT2D eigenvalue weighted by molar-refractivity contribution is -0.130. The Balaban J connectivity index is 1.88. The summed E-state index contributed by atoms with van der Waals surface area (Å²) in [7, 11) is 0. The van der Waals surface area contributed by atoms with Crippen molar-refractivity contribution in [2.75, 3.05) is 13.1 Å². The number of fused-ring (bicyclic) bond motifs is 2. The molecule has 2 heterocycles. The fourth-order valence-electron chi connectivity index (χ4n) is 3.50. The molecular weight excluding hydrogens is 302 g/mol. The van der Waals surface area contributed by atoms with Crippen LogP contribution in [0, 0.1) is 0 Å². The molecule has 1 amide bonds. The molecule has 1 aromatic heterocycles. The first-order chi connectivity index (χ1) is 11.6. The predicted octanol–water partition coefficient (Wildman–Crippen LogP) is 1.71. The third-order valence-electron chi connectivity index (χ3n) is 4.75. The molecule has 3 aromatic rings. The van der Waals surface area contributed by atoms with Gasteiger partial charge in [0, 0.05) is 29.9 Å². The molecule has 0 spiro atoms. The molecule has 2 N–H and O–H groups in total. The second-order valence-electron chi connectivity index (χ2n) is 6.34. The molecule has 0 bridgehead atoms. The first-order valence-corrected chi connectivity index (χ1v) is 8.19. The van der Waals surface area contributed by atoms with Crippen LogP contribution in [-0.4, -0.2) is 34.5 Å². The van der Waals surface area contributed by atoms with Gasteiger partial charge in [0.15, 0.2) is 5.43 Å². The van der Waals surface area contributed by atoms with Crippen molar-refractivity contribution in [3.63, 3.8) is 0 Å². The highest BCUT2D eigenvalue weighted by molar-refractivity contribution is 5.94. The first kappa shape index (κ1) is 14.9. The number of amides is 1. The molecule has 1 fully saturated rings. The Kier molecular flexibility index (Phi) is 3.58. The second-order valence-corrected chi connectivity index (χ2v) is 6.34. The van der Waals surface area contributed by atoms with Gasteiger partial charge in [-0.1, -0.05) is 24.3 Å².